The fourth-order valence-electron chi connectivity index (χ4n) is 1.22. The minimum absolute atomic E-state index is 0.207. The van der Waals surface area contributed by atoms with E-state index in [2.05, 4.69) is 28.7 Å². The molecule has 0 bridgehead atoms. The number of halogens is 1. The highest BCUT2D eigenvalue weighted by Gasteiger charge is 2.03. The summed E-state index contributed by atoms with van der Waals surface area (Å²) in [6, 6.07) is -0.207. The van der Waals surface area contributed by atoms with Gasteiger partial charge < -0.3 is 15.5 Å². The van der Waals surface area contributed by atoms with Crippen LogP contribution in [0.1, 0.15) is 6.42 Å². The summed E-state index contributed by atoms with van der Waals surface area (Å²) in [4.78, 5) is 13.5. The lowest BCUT2D eigenvalue weighted by Gasteiger charge is -2.11. The van der Waals surface area contributed by atoms with Gasteiger partial charge in [-0.25, -0.2) is 4.79 Å². The topological polar surface area (TPSA) is 44.4 Å². The SMILES string of the molecule is C=C/C=C(/CNC(=O)NCCCN(C)C)C(=C)Cl. The molecule has 0 heterocycles. The van der Waals surface area contributed by atoms with Crippen molar-refractivity contribution in [2.24, 2.45) is 0 Å². The number of carbonyl (C=O) groups is 1. The molecule has 0 saturated heterocycles. The second-order valence-electron chi connectivity index (χ2n) is 4.10. The molecule has 0 fully saturated rings. The summed E-state index contributed by atoms with van der Waals surface area (Å²) in [7, 11) is 4.00. The zero-order valence-electron chi connectivity index (χ0n) is 11.1. The van der Waals surface area contributed by atoms with Crippen LogP contribution in [0.25, 0.3) is 0 Å². The number of nitrogens with zero attached hydrogens (tertiary/aromatic N) is 1. The zero-order valence-corrected chi connectivity index (χ0v) is 11.9. The van der Waals surface area contributed by atoms with Gasteiger partial charge in [0.25, 0.3) is 0 Å². The van der Waals surface area contributed by atoms with Crippen molar-refractivity contribution in [3.63, 3.8) is 0 Å². The summed E-state index contributed by atoms with van der Waals surface area (Å²) in [6.45, 7) is 9.13. The molecular formula is C13H22ClN3O. The first-order valence-electron chi connectivity index (χ1n) is 5.80. The smallest absolute Gasteiger partial charge is 0.315 e. The molecule has 0 aromatic rings. The van der Waals surface area contributed by atoms with Crippen LogP contribution in [0.15, 0.2) is 35.9 Å². The van der Waals surface area contributed by atoms with Crippen LogP contribution >= 0.6 is 11.6 Å². The zero-order chi connectivity index (χ0) is 14.0. The predicted octanol–water partition coefficient (Wildman–Crippen LogP) is 2.10. The van der Waals surface area contributed by atoms with Crippen LogP contribution in [0.5, 0.6) is 0 Å². The van der Waals surface area contributed by atoms with Crippen LogP contribution < -0.4 is 10.6 Å². The Kier molecular flexibility index (Phi) is 9.06. The molecule has 2 amide bonds. The largest absolute Gasteiger partial charge is 0.338 e. The third kappa shape index (κ3) is 8.84. The maximum Gasteiger partial charge on any atom is 0.315 e. The van der Waals surface area contributed by atoms with Crippen molar-refractivity contribution in [2.45, 2.75) is 6.42 Å². The summed E-state index contributed by atoms with van der Waals surface area (Å²) in [5.74, 6) is 0. The Morgan fingerprint density at radius 2 is 2.06 bits per heavy atom. The molecule has 18 heavy (non-hydrogen) atoms. The quantitative estimate of drug-likeness (QED) is 0.525. The number of carbonyl (C=O) groups excluding carboxylic acids is 1. The lowest BCUT2D eigenvalue weighted by Crippen LogP contribution is -2.37. The Morgan fingerprint density at radius 3 is 2.56 bits per heavy atom. The van der Waals surface area contributed by atoms with Crippen molar-refractivity contribution in [1.29, 1.82) is 0 Å². The van der Waals surface area contributed by atoms with Crippen LogP contribution in [0.2, 0.25) is 0 Å². The third-order valence-corrected chi connectivity index (χ3v) is 2.42. The average molecular weight is 272 g/mol. The van der Waals surface area contributed by atoms with E-state index in [9.17, 15) is 4.79 Å². The highest BCUT2D eigenvalue weighted by molar-refractivity contribution is 6.31. The van der Waals surface area contributed by atoms with Gasteiger partial charge in [0.05, 0.1) is 0 Å². The molecule has 0 atom stereocenters. The van der Waals surface area contributed by atoms with Crippen molar-refractivity contribution in [2.75, 3.05) is 33.7 Å². The highest BCUT2D eigenvalue weighted by atomic mass is 35.5. The Hall–Kier alpha value is -1.26. The van der Waals surface area contributed by atoms with Gasteiger partial charge in [0, 0.05) is 18.1 Å². The van der Waals surface area contributed by atoms with Gasteiger partial charge in [-0.2, -0.15) is 0 Å². The first-order chi connectivity index (χ1) is 8.47. The molecule has 0 radical (unpaired) electrons. The number of hydrogen-bond acceptors (Lipinski definition) is 2. The molecule has 102 valence electrons. The molecule has 2 N–H and O–H groups in total. The Bertz CT molecular complexity index is 324. The molecule has 0 spiro atoms. The standard InChI is InChI=1S/C13H22ClN3O/c1-5-7-12(11(2)14)10-16-13(18)15-8-6-9-17(3)4/h5,7H,1-2,6,8-10H2,3-4H3,(H2,15,16,18)/b12-7-. The van der Waals surface area contributed by atoms with E-state index in [0.29, 0.717) is 18.1 Å². The normalized spacial score (nSPS) is 11.2. The second-order valence-corrected chi connectivity index (χ2v) is 4.56. The number of allylic oxidation sites excluding steroid dienone is 2. The molecule has 0 aliphatic rings. The lowest BCUT2D eigenvalue weighted by atomic mass is 10.2. The Labute approximate surface area is 114 Å². The minimum Gasteiger partial charge on any atom is -0.338 e. The van der Waals surface area contributed by atoms with E-state index in [4.69, 9.17) is 11.6 Å². The van der Waals surface area contributed by atoms with Gasteiger partial charge in [-0.1, -0.05) is 36.9 Å². The van der Waals surface area contributed by atoms with Crippen molar-refractivity contribution in [3.8, 4) is 0 Å². The van der Waals surface area contributed by atoms with Crippen LogP contribution in [-0.4, -0.2) is 44.7 Å². The van der Waals surface area contributed by atoms with Crippen molar-refractivity contribution in [1.82, 2.24) is 15.5 Å². The van der Waals surface area contributed by atoms with E-state index in [0.717, 1.165) is 18.5 Å². The first kappa shape index (κ1) is 16.7. The van der Waals surface area contributed by atoms with E-state index >= 15 is 0 Å². The molecule has 4 nitrogen and oxygen atoms in total. The van der Waals surface area contributed by atoms with Crippen LogP contribution in [0, 0.1) is 0 Å². The van der Waals surface area contributed by atoms with Crippen LogP contribution in [0.4, 0.5) is 4.79 Å². The number of amides is 2. The summed E-state index contributed by atoms with van der Waals surface area (Å²) in [5.41, 5.74) is 0.745. The predicted molar refractivity (Wildman–Crippen MR) is 77.8 cm³/mol. The van der Waals surface area contributed by atoms with Gasteiger partial charge in [0.15, 0.2) is 0 Å². The van der Waals surface area contributed by atoms with Gasteiger partial charge >= 0.3 is 6.03 Å². The molecule has 0 rings (SSSR count). The Morgan fingerprint density at radius 1 is 1.39 bits per heavy atom. The molecule has 0 aliphatic carbocycles. The number of rotatable bonds is 8. The fourth-order valence-corrected chi connectivity index (χ4v) is 1.35. The third-order valence-electron chi connectivity index (χ3n) is 2.17. The molecule has 0 aliphatic heterocycles. The lowest BCUT2D eigenvalue weighted by molar-refractivity contribution is 0.241. The summed E-state index contributed by atoms with van der Waals surface area (Å²) in [5, 5.41) is 5.89. The van der Waals surface area contributed by atoms with E-state index in [-0.39, 0.29) is 6.03 Å². The Balaban J connectivity index is 3.85. The van der Waals surface area contributed by atoms with E-state index in [1.54, 1.807) is 12.2 Å². The van der Waals surface area contributed by atoms with Gasteiger partial charge in [-0.15, -0.1) is 0 Å². The average Bonchev–Trinajstić information content (AvgIpc) is 2.29. The minimum atomic E-state index is -0.207. The molecule has 0 unspecified atom stereocenters. The summed E-state index contributed by atoms with van der Waals surface area (Å²) < 4.78 is 0. The van der Waals surface area contributed by atoms with Crippen molar-refractivity contribution >= 4 is 17.6 Å². The molecule has 0 saturated carbocycles. The van der Waals surface area contributed by atoms with Crippen LogP contribution in [-0.2, 0) is 0 Å². The van der Waals surface area contributed by atoms with Crippen molar-refractivity contribution in [3.05, 3.63) is 35.9 Å². The number of nitrogens with one attached hydrogen (secondary N) is 2. The van der Waals surface area contributed by atoms with Crippen LogP contribution in [0.3, 0.4) is 0 Å². The van der Waals surface area contributed by atoms with E-state index < -0.39 is 0 Å². The van der Waals surface area contributed by atoms with Gasteiger partial charge in [-0.05, 0) is 32.6 Å². The summed E-state index contributed by atoms with van der Waals surface area (Å²) >= 11 is 5.78. The molecule has 5 heteroatoms. The molecule has 0 aromatic carbocycles. The maximum atomic E-state index is 11.5. The van der Waals surface area contributed by atoms with Crippen molar-refractivity contribution < 1.29 is 4.79 Å². The van der Waals surface area contributed by atoms with Gasteiger partial charge in [0.2, 0.25) is 0 Å². The highest BCUT2D eigenvalue weighted by Crippen LogP contribution is 2.10. The van der Waals surface area contributed by atoms with E-state index in [1.165, 1.54) is 0 Å². The molecule has 0 aromatic heterocycles. The maximum absolute atomic E-state index is 11.5. The number of urea groups is 1. The van der Waals surface area contributed by atoms with Gasteiger partial charge in [-0.3, -0.25) is 0 Å². The monoisotopic (exact) mass is 271 g/mol. The number of hydrogen-bond donors (Lipinski definition) is 2. The fraction of sp³-hybridized carbons (Fsp3) is 0.462. The second kappa shape index (κ2) is 9.74. The first-order valence-corrected chi connectivity index (χ1v) is 6.18. The van der Waals surface area contributed by atoms with Gasteiger partial charge in [0.1, 0.15) is 0 Å². The van der Waals surface area contributed by atoms with E-state index in [1.807, 2.05) is 14.1 Å². The summed E-state index contributed by atoms with van der Waals surface area (Å²) in [6.07, 6.45) is 4.25. The molecular weight excluding hydrogens is 250 g/mol.